The lowest BCUT2D eigenvalue weighted by molar-refractivity contribution is -0.136. The number of nitrogens with one attached hydrogen (secondary N) is 1. The molecule has 0 aliphatic heterocycles. The van der Waals surface area contributed by atoms with Crippen molar-refractivity contribution in [3.63, 3.8) is 0 Å². The van der Waals surface area contributed by atoms with Gasteiger partial charge in [0.05, 0.1) is 22.2 Å². The number of fused-ring (bicyclic) bond motifs is 1. The molecule has 0 radical (unpaired) electrons. The number of para-hydroxylation sites is 1. The minimum Gasteiger partial charge on any atom is -0.481 e. The molecule has 1 aromatic heterocycles. The number of carboxylic acid groups (broad SMARTS) is 1. The molecule has 21 heavy (non-hydrogen) atoms. The highest BCUT2D eigenvalue weighted by Crippen LogP contribution is 2.37. The number of aromatic nitrogens is 1. The zero-order valence-corrected chi connectivity index (χ0v) is 12.4. The van der Waals surface area contributed by atoms with Gasteiger partial charge in [-0.25, -0.2) is 0 Å². The second-order valence-corrected chi connectivity index (χ2v) is 5.48. The van der Waals surface area contributed by atoms with Gasteiger partial charge in [-0.15, -0.1) is 0 Å². The highest BCUT2D eigenvalue weighted by atomic mass is 35.5. The van der Waals surface area contributed by atoms with Gasteiger partial charge in [0.25, 0.3) is 0 Å². The van der Waals surface area contributed by atoms with E-state index < -0.39 is 5.97 Å². The summed E-state index contributed by atoms with van der Waals surface area (Å²) in [4.78, 5) is 14.4. The van der Waals surface area contributed by atoms with Crippen LogP contribution in [0.4, 0.5) is 0 Å². The largest absolute Gasteiger partial charge is 0.481 e. The molecule has 2 N–H and O–H groups in total. The van der Waals surface area contributed by atoms with E-state index in [9.17, 15) is 4.79 Å². The molecule has 0 atom stereocenters. The minimum atomic E-state index is -0.890. The first kappa shape index (κ1) is 14.0. The van der Waals surface area contributed by atoms with Gasteiger partial charge in [-0.05, 0) is 17.7 Å². The van der Waals surface area contributed by atoms with Crippen molar-refractivity contribution in [2.45, 2.75) is 6.42 Å². The van der Waals surface area contributed by atoms with Crippen molar-refractivity contribution in [2.75, 3.05) is 0 Å². The van der Waals surface area contributed by atoms with Crippen LogP contribution >= 0.6 is 23.2 Å². The molecule has 2 aromatic carbocycles. The van der Waals surface area contributed by atoms with E-state index in [0.29, 0.717) is 26.9 Å². The van der Waals surface area contributed by atoms with Gasteiger partial charge in [-0.3, -0.25) is 4.79 Å². The third kappa shape index (κ3) is 2.50. The van der Waals surface area contributed by atoms with E-state index in [1.165, 1.54) is 0 Å². The topological polar surface area (TPSA) is 53.1 Å². The maximum Gasteiger partial charge on any atom is 0.307 e. The quantitative estimate of drug-likeness (QED) is 0.730. The van der Waals surface area contributed by atoms with Gasteiger partial charge in [0.1, 0.15) is 0 Å². The van der Waals surface area contributed by atoms with Crippen molar-refractivity contribution < 1.29 is 9.90 Å². The van der Waals surface area contributed by atoms with Gasteiger partial charge in [-0.1, -0.05) is 53.5 Å². The first-order valence-electron chi connectivity index (χ1n) is 6.33. The smallest absolute Gasteiger partial charge is 0.307 e. The highest BCUT2D eigenvalue weighted by Gasteiger charge is 2.18. The minimum absolute atomic E-state index is 0.0812. The molecule has 3 nitrogen and oxygen atoms in total. The Morgan fingerprint density at radius 2 is 1.86 bits per heavy atom. The fourth-order valence-corrected chi connectivity index (χ4v) is 2.86. The monoisotopic (exact) mass is 319 g/mol. The van der Waals surface area contributed by atoms with Gasteiger partial charge in [-0.2, -0.15) is 0 Å². The van der Waals surface area contributed by atoms with E-state index in [4.69, 9.17) is 28.3 Å². The molecular weight excluding hydrogens is 309 g/mol. The fraction of sp³-hybridized carbons (Fsp3) is 0.0625. The van der Waals surface area contributed by atoms with Crippen molar-refractivity contribution in [3.8, 4) is 11.3 Å². The fourth-order valence-electron chi connectivity index (χ4n) is 2.46. The van der Waals surface area contributed by atoms with E-state index in [-0.39, 0.29) is 6.42 Å². The molecule has 3 aromatic rings. The molecule has 0 unspecified atom stereocenters. The van der Waals surface area contributed by atoms with Crippen LogP contribution in [-0.2, 0) is 11.2 Å². The van der Waals surface area contributed by atoms with Crippen LogP contribution in [0.5, 0.6) is 0 Å². The summed E-state index contributed by atoms with van der Waals surface area (Å²) in [6.07, 6.45) is -0.0812. The Morgan fingerprint density at radius 3 is 2.62 bits per heavy atom. The molecule has 3 rings (SSSR count). The third-order valence-electron chi connectivity index (χ3n) is 3.36. The van der Waals surface area contributed by atoms with Crippen LogP contribution in [0.15, 0.2) is 42.5 Å². The standard InChI is InChI=1S/C16H11Cl2NO2/c17-12-6-3-5-10(15(12)18)16-11(8-14(20)21)9-4-1-2-7-13(9)19-16/h1-7,19H,8H2,(H,20,21). The van der Waals surface area contributed by atoms with E-state index in [2.05, 4.69) is 4.98 Å². The normalized spacial score (nSPS) is 11.0. The summed E-state index contributed by atoms with van der Waals surface area (Å²) in [5, 5.41) is 10.9. The van der Waals surface area contributed by atoms with Crippen LogP contribution in [0.2, 0.25) is 10.0 Å². The zero-order chi connectivity index (χ0) is 15.0. The molecule has 0 fully saturated rings. The SMILES string of the molecule is O=C(O)Cc1c(-c2cccc(Cl)c2Cl)[nH]c2ccccc12. The van der Waals surface area contributed by atoms with Gasteiger partial charge in [0.15, 0.2) is 0 Å². The Kier molecular flexibility index (Phi) is 3.62. The van der Waals surface area contributed by atoms with E-state index >= 15 is 0 Å². The number of hydrogen-bond donors (Lipinski definition) is 2. The predicted molar refractivity (Wildman–Crippen MR) is 85.1 cm³/mol. The lowest BCUT2D eigenvalue weighted by Gasteiger charge is -2.06. The van der Waals surface area contributed by atoms with Gasteiger partial charge in [0, 0.05) is 16.5 Å². The molecule has 0 aliphatic carbocycles. The Bertz CT molecular complexity index is 839. The summed E-state index contributed by atoms with van der Waals surface area (Å²) in [5.74, 6) is -0.890. The number of aliphatic carboxylic acids is 1. The van der Waals surface area contributed by atoms with Crippen LogP contribution in [0, 0.1) is 0 Å². The molecule has 1 heterocycles. The van der Waals surface area contributed by atoms with E-state index in [1.54, 1.807) is 12.1 Å². The van der Waals surface area contributed by atoms with Crippen molar-refractivity contribution in [2.24, 2.45) is 0 Å². The van der Waals surface area contributed by atoms with Crippen molar-refractivity contribution in [1.82, 2.24) is 4.98 Å². The number of carboxylic acids is 1. The van der Waals surface area contributed by atoms with Crippen molar-refractivity contribution in [1.29, 1.82) is 0 Å². The van der Waals surface area contributed by atoms with Crippen LogP contribution in [0.3, 0.4) is 0 Å². The van der Waals surface area contributed by atoms with Crippen LogP contribution in [0.1, 0.15) is 5.56 Å². The summed E-state index contributed by atoms with van der Waals surface area (Å²) in [5.41, 5.74) is 2.99. The van der Waals surface area contributed by atoms with Gasteiger partial charge in [0.2, 0.25) is 0 Å². The molecule has 0 aliphatic rings. The third-order valence-corrected chi connectivity index (χ3v) is 4.18. The lowest BCUT2D eigenvalue weighted by atomic mass is 10.0. The highest BCUT2D eigenvalue weighted by molar-refractivity contribution is 6.43. The first-order valence-corrected chi connectivity index (χ1v) is 7.09. The number of carbonyl (C=O) groups is 1. The summed E-state index contributed by atoms with van der Waals surface area (Å²) in [6.45, 7) is 0. The summed E-state index contributed by atoms with van der Waals surface area (Å²) >= 11 is 12.3. The Morgan fingerprint density at radius 1 is 1.10 bits per heavy atom. The Balaban J connectivity index is 2.31. The maximum atomic E-state index is 11.2. The molecular formula is C16H11Cl2NO2. The number of hydrogen-bond acceptors (Lipinski definition) is 1. The number of rotatable bonds is 3. The van der Waals surface area contributed by atoms with Gasteiger partial charge < -0.3 is 10.1 Å². The molecule has 0 spiro atoms. The summed E-state index contributed by atoms with van der Waals surface area (Å²) in [6, 6.07) is 12.9. The second kappa shape index (κ2) is 5.43. The zero-order valence-electron chi connectivity index (χ0n) is 10.9. The molecule has 0 bridgehead atoms. The number of aromatic amines is 1. The summed E-state index contributed by atoms with van der Waals surface area (Å²) in [7, 11) is 0. The average Bonchev–Trinajstić information content (AvgIpc) is 2.80. The molecule has 0 saturated heterocycles. The molecule has 0 amide bonds. The Hall–Kier alpha value is -1.97. The Labute approximate surface area is 131 Å². The molecule has 0 saturated carbocycles. The van der Waals surface area contributed by atoms with Crippen molar-refractivity contribution in [3.05, 3.63) is 58.1 Å². The average molecular weight is 320 g/mol. The van der Waals surface area contributed by atoms with Crippen molar-refractivity contribution >= 4 is 40.1 Å². The second-order valence-electron chi connectivity index (χ2n) is 4.70. The van der Waals surface area contributed by atoms with E-state index in [1.807, 2.05) is 30.3 Å². The van der Waals surface area contributed by atoms with Crippen LogP contribution < -0.4 is 0 Å². The number of H-pyrrole nitrogens is 1. The maximum absolute atomic E-state index is 11.2. The van der Waals surface area contributed by atoms with Crippen LogP contribution in [-0.4, -0.2) is 16.1 Å². The summed E-state index contributed by atoms with van der Waals surface area (Å²) < 4.78 is 0. The number of halogens is 2. The van der Waals surface area contributed by atoms with Gasteiger partial charge >= 0.3 is 5.97 Å². The van der Waals surface area contributed by atoms with E-state index in [0.717, 1.165) is 10.9 Å². The van der Waals surface area contributed by atoms with Crippen LogP contribution in [0.25, 0.3) is 22.2 Å². The predicted octanol–water partition coefficient (Wildman–Crippen LogP) is 4.77. The number of benzene rings is 2. The molecule has 5 heteroatoms. The first-order chi connectivity index (χ1) is 10.1. The molecule has 106 valence electrons. The lowest BCUT2D eigenvalue weighted by Crippen LogP contribution is -2.01.